The molecule has 2 nitrogen and oxygen atoms in total. The van der Waals surface area contributed by atoms with Crippen LogP contribution in [0.1, 0.15) is 0 Å². The predicted molar refractivity (Wildman–Crippen MR) is 33.9 cm³/mol. The van der Waals surface area contributed by atoms with Crippen LogP contribution >= 0.6 is 0 Å². The third-order valence-electron chi connectivity index (χ3n) is 0.943. The van der Waals surface area contributed by atoms with Gasteiger partial charge in [-0.1, -0.05) is 13.1 Å². The zero-order chi connectivity index (χ0) is 8.58. The van der Waals surface area contributed by atoms with Crippen molar-refractivity contribution in [2.75, 3.05) is 0 Å². The van der Waals surface area contributed by atoms with Gasteiger partial charge in [0, 0.05) is 0 Å². The summed E-state index contributed by atoms with van der Waals surface area (Å²) in [5.41, 5.74) is -5.05. The van der Waals surface area contributed by atoms with E-state index in [1.807, 2.05) is 0 Å². The van der Waals surface area contributed by atoms with Crippen LogP contribution in [-0.4, -0.2) is 21.9 Å². The number of rotatable bonds is 1. The second-order valence-electron chi connectivity index (χ2n) is 2.04. The van der Waals surface area contributed by atoms with Crippen molar-refractivity contribution in [3.05, 3.63) is 0 Å². The fourth-order valence-corrected chi connectivity index (χ4v) is 2.41. The zero-order valence-electron chi connectivity index (χ0n) is 5.44. The van der Waals surface area contributed by atoms with Gasteiger partial charge in [-0.05, 0) is 0 Å². The van der Waals surface area contributed by atoms with E-state index in [1.165, 1.54) is 0 Å². The van der Waals surface area contributed by atoms with E-state index in [0.717, 1.165) is 13.1 Å². The molecule has 0 aromatic heterocycles. The molecule has 0 saturated heterocycles. The van der Waals surface area contributed by atoms with Crippen LogP contribution in [0, 0.1) is 0 Å². The maximum absolute atomic E-state index is 11.5. The fourth-order valence-electron chi connectivity index (χ4n) is 0.267. The molecule has 0 aromatic rings. The first-order chi connectivity index (χ1) is 4.19. The monoisotopic (exact) mass is 192 g/mol. The van der Waals surface area contributed by atoms with E-state index in [4.69, 9.17) is 0 Å². The molecule has 0 rings (SSSR count). The largest absolute Gasteiger partial charge is 0.490 e. The molecular weight excluding hydrogens is 185 g/mol. The first kappa shape index (κ1) is 9.96. The molecule has 0 saturated carbocycles. The Hall–Kier alpha value is -0.0431. The quantitative estimate of drug-likeness (QED) is 0.578. The van der Waals surface area contributed by atoms with Gasteiger partial charge in [-0.2, -0.15) is 13.2 Å². The van der Waals surface area contributed by atoms with Gasteiger partial charge in [-0.15, -0.1) is 0 Å². The van der Waals surface area contributed by atoms with E-state index >= 15 is 0 Å². The van der Waals surface area contributed by atoms with E-state index in [2.05, 4.69) is 0 Å². The third kappa shape index (κ3) is 1.72. The molecule has 0 amide bonds. The molecule has 10 heavy (non-hydrogen) atoms. The van der Waals surface area contributed by atoms with Crippen molar-refractivity contribution in [2.45, 2.75) is 18.6 Å². The number of hydrogen-bond donors (Lipinski definition) is 0. The van der Waals surface area contributed by atoms with E-state index in [9.17, 15) is 21.6 Å². The molecule has 0 spiro atoms. The predicted octanol–water partition coefficient (Wildman–Crippen LogP) is 0.904. The van der Waals surface area contributed by atoms with Gasteiger partial charge in [-0.3, -0.25) is 0 Å². The lowest BCUT2D eigenvalue weighted by Gasteiger charge is -2.08. The Bertz CT molecular complexity index is 204. The average Bonchev–Trinajstić information content (AvgIpc) is 1.62. The highest BCUT2D eigenvalue weighted by Crippen LogP contribution is 2.25. The molecular formula is C3H7F3O2SSi. The van der Waals surface area contributed by atoms with Gasteiger partial charge in [0.05, 0.1) is 0 Å². The van der Waals surface area contributed by atoms with Gasteiger partial charge in [-0.25, -0.2) is 8.42 Å². The van der Waals surface area contributed by atoms with Gasteiger partial charge in [0.2, 0.25) is 9.29 Å². The normalized spacial score (nSPS) is 14.2. The molecule has 0 aliphatic carbocycles. The second kappa shape index (κ2) is 2.53. The van der Waals surface area contributed by atoms with Crippen LogP contribution in [0.2, 0.25) is 13.1 Å². The number of alkyl halides is 3. The van der Waals surface area contributed by atoms with Crippen molar-refractivity contribution >= 4 is 17.2 Å². The third-order valence-corrected chi connectivity index (χ3v) is 7.36. The van der Waals surface area contributed by atoms with E-state index in [1.54, 1.807) is 0 Å². The maximum Gasteiger partial charge on any atom is 0.490 e. The van der Waals surface area contributed by atoms with Gasteiger partial charge >= 0.3 is 5.51 Å². The van der Waals surface area contributed by atoms with Crippen molar-refractivity contribution in [1.82, 2.24) is 0 Å². The SMILES string of the molecule is C[SiH](C)S(=O)(=O)C(F)(F)F. The summed E-state index contributed by atoms with van der Waals surface area (Å²) in [6.07, 6.45) is 0. The molecule has 0 aromatic carbocycles. The van der Waals surface area contributed by atoms with Crippen LogP contribution in [0.4, 0.5) is 13.2 Å². The molecule has 0 atom stereocenters. The second-order valence-corrected chi connectivity index (χ2v) is 10.4. The molecule has 0 unspecified atom stereocenters. The van der Waals surface area contributed by atoms with E-state index < -0.39 is 22.7 Å². The van der Waals surface area contributed by atoms with Crippen molar-refractivity contribution in [2.24, 2.45) is 0 Å². The van der Waals surface area contributed by atoms with Crippen LogP contribution in [0.15, 0.2) is 0 Å². The van der Waals surface area contributed by atoms with Crippen molar-refractivity contribution < 1.29 is 21.6 Å². The Morgan fingerprint density at radius 1 is 1.20 bits per heavy atom. The lowest BCUT2D eigenvalue weighted by Crippen LogP contribution is -2.33. The van der Waals surface area contributed by atoms with Gasteiger partial charge in [0.15, 0.2) is 7.95 Å². The molecule has 62 valence electrons. The van der Waals surface area contributed by atoms with Crippen molar-refractivity contribution in [3.63, 3.8) is 0 Å². The molecule has 0 aliphatic rings. The lowest BCUT2D eigenvalue weighted by atomic mass is 11.6. The lowest BCUT2D eigenvalue weighted by molar-refractivity contribution is -0.0415. The van der Waals surface area contributed by atoms with Gasteiger partial charge < -0.3 is 0 Å². The Kier molecular flexibility index (Phi) is 2.52. The molecule has 0 radical (unpaired) electrons. The first-order valence-corrected chi connectivity index (χ1v) is 7.76. The van der Waals surface area contributed by atoms with E-state index in [0.29, 0.717) is 0 Å². The van der Waals surface area contributed by atoms with Crippen LogP contribution in [0.25, 0.3) is 0 Å². The summed E-state index contributed by atoms with van der Waals surface area (Å²) in [7, 11) is -7.43. The summed E-state index contributed by atoms with van der Waals surface area (Å²) < 4.78 is 55.2. The standard InChI is InChI=1S/C3H7F3O2SSi/c1-10(2)9(7,8)3(4,5)6/h10H,1-2H3. The molecule has 0 fully saturated rings. The topological polar surface area (TPSA) is 34.1 Å². The Labute approximate surface area is 58.2 Å². The fraction of sp³-hybridized carbons (Fsp3) is 1.00. The van der Waals surface area contributed by atoms with Crippen LogP contribution in [0.3, 0.4) is 0 Å². The molecule has 0 aliphatic heterocycles. The maximum atomic E-state index is 11.5. The molecule has 0 heterocycles. The Morgan fingerprint density at radius 2 is 1.50 bits per heavy atom. The number of hydrogen-bond acceptors (Lipinski definition) is 2. The summed E-state index contributed by atoms with van der Waals surface area (Å²) in [4.78, 5) is 0. The minimum atomic E-state index is -5.05. The highest BCUT2D eigenvalue weighted by atomic mass is 32.4. The molecule has 7 heteroatoms. The van der Waals surface area contributed by atoms with Crippen molar-refractivity contribution in [3.8, 4) is 0 Å². The summed E-state index contributed by atoms with van der Waals surface area (Å²) in [6, 6.07) is 0. The minimum Gasteiger partial charge on any atom is -0.228 e. The molecule has 0 bridgehead atoms. The Morgan fingerprint density at radius 3 is 1.50 bits per heavy atom. The Balaban J connectivity index is 4.79. The highest BCUT2D eigenvalue weighted by molar-refractivity contribution is 8.18. The summed E-state index contributed by atoms with van der Waals surface area (Å²) in [6.45, 7) is 2.26. The van der Waals surface area contributed by atoms with E-state index in [-0.39, 0.29) is 0 Å². The van der Waals surface area contributed by atoms with Crippen LogP contribution in [-0.2, 0) is 9.29 Å². The number of halogens is 3. The van der Waals surface area contributed by atoms with Crippen LogP contribution < -0.4 is 0 Å². The smallest absolute Gasteiger partial charge is 0.228 e. The van der Waals surface area contributed by atoms with Gasteiger partial charge in [0.25, 0.3) is 0 Å². The van der Waals surface area contributed by atoms with Crippen molar-refractivity contribution in [1.29, 1.82) is 0 Å². The highest BCUT2D eigenvalue weighted by Gasteiger charge is 2.47. The summed E-state index contributed by atoms with van der Waals surface area (Å²) >= 11 is 0. The summed E-state index contributed by atoms with van der Waals surface area (Å²) in [5.74, 6) is 0. The molecule has 0 N–H and O–H groups in total. The van der Waals surface area contributed by atoms with Crippen LogP contribution in [0.5, 0.6) is 0 Å². The summed E-state index contributed by atoms with van der Waals surface area (Å²) in [5, 5.41) is 0. The zero-order valence-corrected chi connectivity index (χ0v) is 7.41. The average molecular weight is 192 g/mol. The first-order valence-electron chi connectivity index (χ1n) is 2.49. The van der Waals surface area contributed by atoms with Gasteiger partial charge in [0.1, 0.15) is 0 Å². The minimum absolute atomic E-state index is 1.13.